The van der Waals surface area contributed by atoms with Gasteiger partial charge in [-0.15, -0.1) is 11.6 Å². The Bertz CT molecular complexity index is 179. The molecule has 122 valence electrons. The van der Waals surface area contributed by atoms with Crippen molar-refractivity contribution >= 4 is 11.6 Å². The summed E-state index contributed by atoms with van der Waals surface area (Å²) in [5, 5.41) is 0. The molecule has 0 radical (unpaired) electrons. The van der Waals surface area contributed by atoms with Crippen LogP contribution in [0.2, 0.25) is 0 Å². The fraction of sp³-hybridized carbons (Fsp3) is 1.00. The van der Waals surface area contributed by atoms with Crippen LogP contribution in [-0.4, -0.2) is 58.2 Å². The van der Waals surface area contributed by atoms with Crippen LogP contribution in [0.1, 0.15) is 39.5 Å². The summed E-state index contributed by atoms with van der Waals surface area (Å²) in [6.45, 7) is 8.63. The third kappa shape index (κ3) is 18.1. The Labute approximate surface area is 129 Å². The molecular weight excluding hydrogens is 280 g/mol. The summed E-state index contributed by atoms with van der Waals surface area (Å²) in [5.74, 6) is 0.764. The van der Waals surface area contributed by atoms with Gasteiger partial charge in [0, 0.05) is 12.5 Å². The summed E-state index contributed by atoms with van der Waals surface area (Å²) < 4.78 is 21.6. The van der Waals surface area contributed by atoms with Crippen LogP contribution in [0.15, 0.2) is 0 Å². The van der Waals surface area contributed by atoms with Crippen molar-refractivity contribution in [3.05, 3.63) is 0 Å². The lowest BCUT2D eigenvalue weighted by atomic mass is 10.2. The van der Waals surface area contributed by atoms with Crippen molar-refractivity contribution < 1.29 is 18.9 Å². The van der Waals surface area contributed by atoms with Crippen LogP contribution in [-0.2, 0) is 18.9 Å². The minimum Gasteiger partial charge on any atom is -0.379 e. The highest BCUT2D eigenvalue weighted by molar-refractivity contribution is 6.17. The SMILES string of the molecule is CC(C)OCCOCCOCCOCCCCCCCl. The second-order valence-electron chi connectivity index (χ2n) is 4.86. The molecular formula is C15H31ClO4. The van der Waals surface area contributed by atoms with Crippen molar-refractivity contribution in [1.29, 1.82) is 0 Å². The maximum Gasteiger partial charge on any atom is 0.0703 e. The van der Waals surface area contributed by atoms with Gasteiger partial charge in [-0.2, -0.15) is 0 Å². The van der Waals surface area contributed by atoms with Gasteiger partial charge in [-0.05, 0) is 26.7 Å². The summed E-state index contributed by atoms with van der Waals surface area (Å²) in [6, 6.07) is 0. The Morgan fingerprint density at radius 2 is 1.15 bits per heavy atom. The Balaban J connectivity index is 2.92. The molecule has 0 N–H and O–H groups in total. The zero-order valence-electron chi connectivity index (χ0n) is 13.1. The minimum atomic E-state index is 0.266. The van der Waals surface area contributed by atoms with E-state index >= 15 is 0 Å². The molecule has 0 fully saturated rings. The maximum absolute atomic E-state index is 5.60. The smallest absolute Gasteiger partial charge is 0.0703 e. The van der Waals surface area contributed by atoms with Crippen LogP contribution in [0.5, 0.6) is 0 Å². The molecule has 0 bridgehead atoms. The lowest BCUT2D eigenvalue weighted by Crippen LogP contribution is -2.13. The fourth-order valence-corrected chi connectivity index (χ4v) is 1.73. The average molecular weight is 311 g/mol. The third-order valence-corrected chi connectivity index (χ3v) is 2.86. The third-order valence-electron chi connectivity index (χ3n) is 2.60. The van der Waals surface area contributed by atoms with Gasteiger partial charge >= 0.3 is 0 Å². The van der Waals surface area contributed by atoms with E-state index in [1.165, 1.54) is 12.8 Å². The van der Waals surface area contributed by atoms with Crippen molar-refractivity contribution in [2.45, 2.75) is 45.6 Å². The highest BCUT2D eigenvalue weighted by Crippen LogP contribution is 2.01. The molecule has 0 aliphatic rings. The second-order valence-corrected chi connectivity index (χ2v) is 5.24. The number of rotatable bonds is 16. The molecule has 0 saturated carbocycles. The maximum atomic E-state index is 5.60. The van der Waals surface area contributed by atoms with Gasteiger partial charge in [0.15, 0.2) is 0 Å². The molecule has 0 heterocycles. The normalized spacial score (nSPS) is 11.4. The van der Waals surface area contributed by atoms with Crippen molar-refractivity contribution in [3.63, 3.8) is 0 Å². The molecule has 0 amide bonds. The Hall–Kier alpha value is 0.130. The first-order valence-corrected chi connectivity index (χ1v) is 8.21. The van der Waals surface area contributed by atoms with E-state index in [-0.39, 0.29) is 6.10 Å². The zero-order valence-corrected chi connectivity index (χ0v) is 13.8. The lowest BCUT2D eigenvalue weighted by molar-refractivity contribution is -0.0119. The van der Waals surface area contributed by atoms with Crippen molar-refractivity contribution in [1.82, 2.24) is 0 Å². The molecule has 0 aromatic heterocycles. The molecule has 0 aliphatic heterocycles. The topological polar surface area (TPSA) is 36.9 Å². The first kappa shape index (κ1) is 20.1. The van der Waals surface area contributed by atoms with Gasteiger partial charge in [-0.3, -0.25) is 0 Å². The number of unbranched alkanes of at least 4 members (excludes halogenated alkanes) is 3. The van der Waals surface area contributed by atoms with Crippen LogP contribution in [0, 0.1) is 0 Å². The predicted molar refractivity (Wildman–Crippen MR) is 82.7 cm³/mol. The van der Waals surface area contributed by atoms with Crippen LogP contribution in [0.25, 0.3) is 0 Å². The van der Waals surface area contributed by atoms with Crippen molar-refractivity contribution in [2.24, 2.45) is 0 Å². The number of ether oxygens (including phenoxy) is 4. The quantitative estimate of drug-likeness (QED) is 0.324. The van der Waals surface area contributed by atoms with Crippen LogP contribution < -0.4 is 0 Å². The van der Waals surface area contributed by atoms with E-state index in [1.807, 2.05) is 13.8 Å². The Kier molecular flexibility index (Phi) is 17.3. The molecule has 0 aromatic rings. The van der Waals surface area contributed by atoms with Gasteiger partial charge in [0.25, 0.3) is 0 Å². The molecule has 0 unspecified atom stereocenters. The predicted octanol–water partition coefficient (Wildman–Crippen LogP) is 3.26. The number of hydrogen-bond donors (Lipinski definition) is 0. The number of halogens is 1. The molecule has 4 nitrogen and oxygen atoms in total. The van der Waals surface area contributed by atoms with E-state index in [0.717, 1.165) is 25.3 Å². The van der Waals surface area contributed by atoms with Crippen molar-refractivity contribution in [2.75, 3.05) is 52.1 Å². The molecule has 0 aliphatic carbocycles. The number of hydrogen-bond acceptors (Lipinski definition) is 4. The van der Waals surface area contributed by atoms with Gasteiger partial charge in [-0.1, -0.05) is 12.8 Å². The fourth-order valence-electron chi connectivity index (χ4n) is 1.54. The molecule has 5 heteroatoms. The average Bonchev–Trinajstić information content (AvgIpc) is 2.43. The lowest BCUT2D eigenvalue weighted by Gasteiger charge is -2.08. The molecule has 0 saturated heterocycles. The first-order chi connectivity index (χ1) is 9.77. The van der Waals surface area contributed by atoms with Gasteiger partial charge in [0.1, 0.15) is 0 Å². The highest BCUT2D eigenvalue weighted by Gasteiger charge is 1.94. The summed E-state index contributed by atoms with van der Waals surface area (Å²) in [5.41, 5.74) is 0. The van der Waals surface area contributed by atoms with Crippen LogP contribution in [0.4, 0.5) is 0 Å². The van der Waals surface area contributed by atoms with Crippen molar-refractivity contribution in [3.8, 4) is 0 Å². The summed E-state index contributed by atoms with van der Waals surface area (Å²) in [6.07, 6.45) is 4.87. The summed E-state index contributed by atoms with van der Waals surface area (Å²) >= 11 is 5.60. The van der Waals surface area contributed by atoms with E-state index < -0.39 is 0 Å². The van der Waals surface area contributed by atoms with Gasteiger partial charge < -0.3 is 18.9 Å². The summed E-state index contributed by atoms with van der Waals surface area (Å²) in [4.78, 5) is 0. The zero-order chi connectivity index (χ0) is 14.9. The van der Waals surface area contributed by atoms with E-state index in [4.69, 9.17) is 30.5 Å². The standard InChI is InChI=1S/C15H31ClO4/c1-15(2)20-14-13-19-12-11-18-10-9-17-8-6-4-3-5-7-16/h15H,3-14H2,1-2H3. The van der Waals surface area contributed by atoms with E-state index in [2.05, 4.69) is 0 Å². The van der Waals surface area contributed by atoms with E-state index in [0.29, 0.717) is 39.6 Å². The largest absolute Gasteiger partial charge is 0.379 e. The van der Waals surface area contributed by atoms with Crippen LogP contribution >= 0.6 is 11.6 Å². The van der Waals surface area contributed by atoms with Gasteiger partial charge in [-0.25, -0.2) is 0 Å². The minimum absolute atomic E-state index is 0.266. The molecule has 0 rings (SSSR count). The highest BCUT2D eigenvalue weighted by atomic mass is 35.5. The Morgan fingerprint density at radius 3 is 1.70 bits per heavy atom. The molecule has 20 heavy (non-hydrogen) atoms. The number of alkyl halides is 1. The second kappa shape index (κ2) is 17.2. The van der Waals surface area contributed by atoms with Crippen LogP contribution in [0.3, 0.4) is 0 Å². The van der Waals surface area contributed by atoms with Gasteiger partial charge in [0.2, 0.25) is 0 Å². The first-order valence-electron chi connectivity index (χ1n) is 7.68. The van der Waals surface area contributed by atoms with E-state index in [9.17, 15) is 0 Å². The van der Waals surface area contributed by atoms with E-state index in [1.54, 1.807) is 0 Å². The molecule has 0 spiro atoms. The summed E-state index contributed by atoms with van der Waals surface area (Å²) in [7, 11) is 0. The van der Waals surface area contributed by atoms with Gasteiger partial charge in [0.05, 0.1) is 45.7 Å². The molecule has 0 aromatic carbocycles. The Morgan fingerprint density at radius 1 is 0.650 bits per heavy atom. The monoisotopic (exact) mass is 310 g/mol. The molecule has 0 atom stereocenters.